The molecule has 2 aromatic carbocycles. The maximum Gasteiger partial charge on any atom is 0.312 e. The number of nitrogens with one attached hydrogen (secondary N) is 1. The lowest BCUT2D eigenvalue weighted by atomic mass is 9.96. The molecule has 162 valence electrons. The quantitative estimate of drug-likeness (QED) is 0.594. The number of rotatable bonds is 6. The Morgan fingerprint density at radius 2 is 1.94 bits per heavy atom. The Labute approximate surface area is 184 Å². The standard InChI is InChI=1S/C23H25FN4O2S/c24-19-2-1-3-20-21(19)31-23(27-20)30-18-8-4-14(5-9-18)10-11-28-16-6-7-17(28)13-15(12-16)26-22(25)29/h1-5,8-9,15-17H,6-7,10-13H2,(H3,25,26,29). The Bertz CT molecular complexity index is 1070. The van der Waals surface area contributed by atoms with Gasteiger partial charge in [0, 0.05) is 24.7 Å². The third-order valence-electron chi connectivity index (χ3n) is 6.37. The van der Waals surface area contributed by atoms with Crippen LogP contribution in [0.1, 0.15) is 31.2 Å². The molecule has 31 heavy (non-hydrogen) atoms. The number of carbonyl (C=O) groups is 1. The zero-order valence-corrected chi connectivity index (χ0v) is 17.9. The molecule has 0 aliphatic carbocycles. The Kier molecular flexibility index (Phi) is 5.50. The number of halogens is 1. The van der Waals surface area contributed by atoms with E-state index < -0.39 is 6.03 Å². The molecule has 3 aromatic rings. The molecule has 0 radical (unpaired) electrons. The molecule has 2 unspecified atom stereocenters. The maximum absolute atomic E-state index is 13.9. The van der Waals surface area contributed by atoms with Crippen molar-refractivity contribution >= 4 is 27.6 Å². The van der Waals surface area contributed by atoms with Gasteiger partial charge in [-0.1, -0.05) is 29.5 Å². The van der Waals surface area contributed by atoms with E-state index >= 15 is 0 Å². The van der Waals surface area contributed by atoms with Gasteiger partial charge in [-0.3, -0.25) is 4.90 Å². The molecule has 1 aromatic heterocycles. The van der Waals surface area contributed by atoms with Gasteiger partial charge in [0.05, 0.1) is 10.2 Å². The molecule has 0 spiro atoms. The van der Waals surface area contributed by atoms with E-state index in [1.165, 1.54) is 35.8 Å². The largest absolute Gasteiger partial charge is 0.431 e. The molecule has 2 bridgehead atoms. The minimum absolute atomic E-state index is 0.207. The SMILES string of the molecule is NC(=O)NC1CC2CCC(C1)N2CCc1ccc(Oc2nc3cccc(F)c3s2)cc1. The highest BCUT2D eigenvalue weighted by Crippen LogP contribution is 2.36. The second kappa shape index (κ2) is 8.43. The van der Waals surface area contributed by atoms with Crippen LogP contribution in [0.3, 0.4) is 0 Å². The average Bonchev–Trinajstić information content (AvgIpc) is 3.25. The molecule has 5 rings (SSSR count). The van der Waals surface area contributed by atoms with Gasteiger partial charge in [-0.25, -0.2) is 14.2 Å². The number of benzene rings is 2. The lowest BCUT2D eigenvalue weighted by molar-refractivity contribution is 0.121. The highest BCUT2D eigenvalue weighted by atomic mass is 32.1. The van der Waals surface area contributed by atoms with Crippen molar-refractivity contribution in [3.63, 3.8) is 0 Å². The van der Waals surface area contributed by atoms with Crippen molar-refractivity contribution < 1.29 is 13.9 Å². The summed E-state index contributed by atoms with van der Waals surface area (Å²) in [7, 11) is 0. The molecule has 2 fully saturated rings. The highest BCUT2D eigenvalue weighted by Gasteiger charge is 2.40. The van der Waals surface area contributed by atoms with Gasteiger partial charge in [0.2, 0.25) is 0 Å². The summed E-state index contributed by atoms with van der Waals surface area (Å²) in [5.74, 6) is 0.422. The van der Waals surface area contributed by atoms with Crippen LogP contribution in [0.25, 0.3) is 10.2 Å². The number of nitrogens with zero attached hydrogens (tertiary/aromatic N) is 2. The molecule has 6 nitrogen and oxygen atoms in total. The van der Waals surface area contributed by atoms with E-state index in [1.807, 2.05) is 12.1 Å². The first-order chi connectivity index (χ1) is 15.0. The van der Waals surface area contributed by atoms with Crippen molar-refractivity contribution in [1.82, 2.24) is 15.2 Å². The fourth-order valence-corrected chi connectivity index (χ4v) is 5.82. The van der Waals surface area contributed by atoms with E-state index in [2.05, 4.69) is 27.3 Å². The fraction of sp³-hybridized carbons (Fsp3) is 0.391. The van der Waals surface area contributed by atoms with Gasteiger partial charge in [0.25, 0.3) is 5.19 Å². The summed E-state index contributed by atoms with van der Waals surface area (Å²) in [6.07, 6.45) is 5.31. The van der Waals surface area contributed by atoms with E-state index in [0.717, 1.165) is 25.8 Å². The predicted molar refractivity (Wildman–Crippen MR) is 119 cm³/mol. The summed E-state index contributed by atoms with van der Waals surface area (Å²) < 4.78 is 20.2. The van der Waals surface area contributed by atoms with Crippen LogP contribution in [-0.2, 0) is 6.42 Å². The van der Waals surface area contributed by atoms with Gasteiger partial charge >= 0.3 is 6.03 Å². The van der Waals surface area contributed by atoms with Gasteiger partial charge in [0.1, 0.15) is 11.6 Å². The van der Waals surface area contributed by atoms with Crippen molar-refractivity contribution in [3.05, 3.63) is 53.8 Å². The molecule has 2 atom stereocenters. The first-order valence-electron chi connectivity index (χ1n) is 10.7. The number of fused-ring (bicyclic) bond motifs is 3. The number of aromatic nitrogens is 1. The third-order valence-corrected chi connectivity index (χ3v) is 7.32. The van der Waals surface area contributed by atoms with Crippen LogP contribution in [0.5, 0.6) is 10.9 Å². The van der Waals surface area contributed by atoms with E-state index in [9.17, 15) is 9.18 Å². The Balaban J connectivity index is 1.17. The van der Waals surface area contributed by atoms with Crippen molar-refractivity contribution in [1.29, 1.82) is 0 Å². The summed E-state index contributed by atoms with van der Waals surface area (Å²) >= 11 is 1.21. The first kappa shape index (κ1) is 20.2. The Hall–Kier alpha value is -2.71. The summed E-state index contributed by atoms with van der Waals surface area (Å²) in [5, 5.41) is 3.33. The van der Waals surface area contributed by atoms with Crippen molar-refractivity contribution in [3.8, 4) is 10.9 Å². The van der Waals surface area contributed by atoms with Crippen LogP contribution >= 0.6 is 11.3 Å². The van der Waals surface area contributed by atoms with Crippen LogP contribution < -0.4 is 15.8 Å². The zero-order chi connectivity index (χ0) is 21.4. The number of urea groups is 1. The average molecular weight is 441 g/mol. The third kappa shape index (κ3) is 4.36. The van der Waals surface area contributed by atoms with Crippen LogP contribution in [0, 0.1) is 5.82 Å². The molecule has 3 N–H and O–H groups in total. The smallest absolute Gasteiger partial charge is 0.312 e. The Morgan fingerprint density at radius 3 is 2.61 bits per heavy atom. The molecular weight excluding hydrogens is 415 g/mol. The molecule has 8 heteroatoms. The topological polar surface area (TPSA) is 80.5 Å². The number of carbonyl (C=O) groups excluding carboxylic acids is 1. The predicted octanol–water partition coefficient (Wildman–Crippen LogP) is 4.43. The monoisotopic (exact) mass is 440 g/mol. The minimum Gasteiger partial charge on any atom is -0.431 e. The van der Waals surface area contributed by atoms with Gasteiger partial charge in [0.15, 0.2) is 0 Å². The lowest BCUT2D eigenvalue weighted by Crippen LogP contribution is -2.51. The number of primary amides is 1. The lowest BCUT2D eigenvalue weighted by Gasteiger charge is -2.39. The van der Waals surface area contributed by atoms with E-state index in [1.54, 1.807) is 12.1 Å². The highest BCUT2D eigenvalue weighted by molar-refractivity contribution is 7.20. The summed E-state index contributed by atoms with van der Waals surface area (Å²) in [6, 6.07) is 13.7. The zero-order valence-electron chi connectivity index (χ0n) is 17.1. The Morgan fingerprint density at radius 1 is 1.19 bits per heavy atom. The van der Waals surface area contributed by atoms with Crippen LogP contribution in [0.15, 0.2) is 42.5 Å². The van der Waals surface area contributed by atoms with Gasteiger partial charge in [-0.05, 0) is 61.9 Å². The van der Waals surface area contributed by atoms with Crippen molar-refractivity contribution in [2.75, 3.05) is 6.54 Å². The number of thiazole rings is 1. The molecule has 3 heterocycles. The molecule has 2 saturated heterocycles. The second-order valence-corrected chi connectivity index (χ2v) is 9.33. The summed E-state index contributed by atoms with van der Waals surface area (Å²) in [5.41, 5.74) is 7.16. The molecular formula is C23H25FN4O2S. The second-order valence-electron chi connectivity index (χ2n) is 8.36. The number of amides is 2. The molecule has 2 amide bonds. The maximum atomic E-state index is 13.9. The van der Waals surface area contributed by atoms with Crippen molar-refractivity contribution in [2.24, 2.45) is 5.73 Å². The van der Waals surface area contributed by atoms with E-state index in [4.69, 9.17) is 10.5 Å². The van der Waals surface area contributed by atoms with Crippen LogP contribution in [0.4, 0.5) is 9.18 Å². The fourth-order valence-electron chi connectivity index (χ4n) is 4.98. The number of hydrogen-bond donors (Lipinski definition) is 2. The summed E-state index contributed by atoms with van der Waals surface area (Å²) in [6.45, 7) is 1.01. The van der Waals surface area contributed by atoms with E-state index in [-0.39, 0.29) is 11.9 Å². The van der Waals surface area contributed by atoms with Crippen LogP contribution in [0.2, 0.25) is 0 Å². The molecule has 2 aliphatic rings. The molecule has 2 aliphatic heterocycles. The minimum atomic E-state index is -0.420. The van der Waals surface area contributed by atoms with Gasteiger partial charge in [-0.2, -0.15) is 0 Å². The number of nitrogens with two attached hydrogens (primary N) is 1. The normalized spacial score (nSPS) is 23.2. The van der Waals surface area contributed by atoms with Crippen LogP contribution in [-0.4, -0.2) is 40.6 Å². The number of ether oxygens (including phenoxy) is 1. The van der Waals surface area contributed by atoms with Crippen molar-refractivity contribution in [2.45, 2.75) is 50.2 Å². The van der Waals surface area contributed by atoms with Gasteiger partial charge in [-0.15, -0.1) is 0 Å². The number of piperidine rings is 1. The molecule has 0 saturated carbocycles. The first-order valence-corrected chi connectivity index (χ1v) is 11.5. The summed E-state index contributed by atoms with van der Waals surface area (Å²) in [4.78, 5) is 18.1. The van der Waals surface area contributed by atoms with Gasteiger partial charge < -0.3 is 15.8 Å². The van der Waals surface area contributed by atoms with E-state index in [0.29, 0.717) is 33.2 Å². The number of hydrogen-bond acceptors (Lipinski definition) is 5.